The van der Waals surface area contributed by atoms with Crippen molar-refractivity contribution < 1.29 is 4.74 Å². The highest BCUT2D eigenvalue weighted by molar-refractivity contribution is 5.85. The quantitative estimate of drug-likeness (QED) is 0.842. The molecule has 1 atom stereocenters. The Labute approximate surface area is 91.9 Å². The van der Waals surface area contributed by atoms with Crippen molar-refractivity contribution in [2.75, 3.05) is 7.11 Å². The average Bonchev–Trinajstić information content (AvgIpc) is 2.16. The molecule has 3 heteroatoms. The normalized spacial score (nSPS) is 11.7. The van der Waals surface area contributed by atoms with Crippen molar-refractivity contribution in [3.63, 3.8) is 0 Å². The van der Waals surface area contributed by atoms with Crippen LogP contribution in [0.3, 0.4) is 0 Å². The molecule has 0 unspecified atom stereocenters. The zero-order chi connectivity index (χ0) is 9.84. The molecule has 80 valence electrons. The van der Waals surface area contributed by atoms with Gasteiger partial charge in [-0.15, -0.1) is 12.4 Å². The number of nitrogens with two attached hydrogens (primary N) is 1. The van der Waals surface area contributed by atoms with E-state index in [1.807, 2.05) is 19.1 Å². The number of ether oxygens (including phenoxy) is 1. The number of hydrogen-bond acceptors (Lipinski definition) is 2. The summed E-state index contributed by atoms with van der Waals surface area (Å²) in [6, 6.07) is 6.23. The maximum absolute atomic E-state index is 5.91. The molecule has 0 fully saturated rings. The summed E-state index contributed by atoms with van der Waals surface area (Å²) in [5.41, 5.74) is 8.24. The lowest BCUT2D eigenvalue weighted by molar-refractivity contribution is 0.411. The smallest absolute Gasteiger partial charge is 0.121 e. The Morgan fingerprint density at radius 3 is 2.50 bits per heavy atom. The first-order chi connectivity index (χ1) is 6.19. The van der Waals surface area contributed by atoms with Crippen molar-refractivity contribution in [1.29, 1.82) is 0 Å². The van der Waals surface area contributed by atoms with Gasteiger partial charge in [-0.05, 0) is 30.5 Å². The Bertz CT molecular complexity index is 289. The van der Waals surface area contributed by atoms with Crippen LogP contribution in [0.5, 0.6) is 5.75 Å². The topological polar surface area (TPSA) is 35.2 Å². The second-order valence-electron chi connectivity index (χ2n) is 3.24. The lowest BCUT2D eigenvalue weighted by Gasteiger charge is -2.11. The molecule has 0 aliphatic heterocycles. The van der Waals surface area contributed by atoms with Crippen LogP contribution in [0.4, 0.5) is 0 Å². The fourth-order valence-electron chi connectivity index (χ4n) is 1.37. The zero-order valence-corrected chi connectivity index (χ0v) is 9.73. The van der Waals surface area contributed by atoms with Gasteiger partial charge in [0.1, 0.15) is 5.75 Å². The summed E-state index contributed by atoms with van der Waals surface area (Å²) in [7, 11) is 1.68. The van der Waals surface area contributed by atoms with Crippen molar-refractivity contribution in [3.05, 3.63) is 29.3 Å². The molecule has 0 saturated carbocycles. The molecular formula is C11H18ClNO. The summed E-state index contributed by atoms with van der Waals surface area (Å²) in [5, 5.41) is 0. The molecule has 0 bridgehead atoms. The van der Waals surface area contributed by atoms with Crippen LogP contribution >= 0.6 is 12.4 Å². The summed E-state index contributed by atoms with van der Waals surface area (Å²) in [6.07, 6.45) is 0.964. The van der Waals surface area contributed by atoms with Crippen molar-refractivity contribution >= 4 is 12.4 Å². The van der Waals surface area contributed by atoms with Gasteiger partial charge in [0.05, 0.1) is 7.11 Å². The van der Waals surface area contributed by atoms with Crippen LogP contribution in [-0.2, 0) is 0 Å². The molecule has 0 heterocycles. The van der Waals surface area contributed by atoms with Crippen molar-refractivity contribution in [3.8, 4) is 5.75 Å². The van der Waals surface area contributed by atoms with Crippen LogP contribution in [0.15, 0.2) is 18.2 Å². The molecule has 0 aliphatic rings. The Hall–Kier alpha value is -0.730. The maximum atomic E-state index is 5.91. The standard InChI is InChI=1S/C11H17NO.ClH/c1-4-10(12)9-5-6-11(13-3)8(2)7-9;/h5-7,10H,4,12H2,1-3H3;1H/t10-;/m1./s1. The van der Waals surface area contributed by atoms with Gasteiger partial charge >= 0.3 is 0 Å². The van der Waals surface area contributed by atoms with Gasteiger partial charge in [-0.3, -0.25) is 0 Å². The Morgan fingerprint density at radius 2 is 2.07 bits per heavy atom. The lowest BCUT2D eigenvalue weighted by Crippen LogP contribution is -2.08. The van der Waals surface area contributed by atoms with E-state index in [4.69, 9.17) is 10.5 Å². The first-order valence-electron chi connectivity index (χ1n) is 4.59. The summed E-state index contributed by atoms with van der Waals surface area (Å²) in [6.45, 7) is 4.12. The second kappa shape index (κ2) is 5.89. The zero-order valence-electron chi connectivity index (χ0n) is 8.91. The molecule has 0 amide bonds. The highest BCUT2D eigenvalue weighted by atomic mass is 35.5. The monoisotopic (exact) mass is 215 g/mol. The van der Waals surface area contributed by atoms with Gasteiger partial charge < -0.3 is 10.5 Å². The molecule has 0 radical (unpaired) electrons. The molecule has 2 N–H and O–H groups in total. The van der Waals surface area contributed by atoms with Crippen LogP contribution in [-0.4, -0.2) is 7.11 Å². The Balaban J connectivity index is 0.00000169. The van der Waals surface area contributed by atoms with E-state index < -0.39 is 0 Å². The molecule has 1 rings (SSSR count). The SMILES string of the molecule is CC[C@@H](N)c1ccc(OC)c(C)c1.Cl. The van der Waals surface area contributed by atoms with E-state index in [0.717, 1.165) is 17.7 Å². The molecule has 1 aromatic carbocycles. The third-order valence-electron chi connectivity index (χ3n) is 2.29. The number of halogens is 1. The molecule has 2 nitrogen and oxygen atoms in total. The predicted molar refractivity (Wildman–Crippen MR) is 62.2 cm³/mol. The first kappa shape index (κ1) is 13.3. The largest absolute Gasteiger partial charge is 0.496 e. The van der Waals surface area contributed by atoms with E-state index in [0.29, 0.717) is 0 Å². The van der Waals surface area contributed by atoms with Crippen molar-refractivity contribution in [1.82, 2.24) is 0 Å². The maximum Gasteiger partial charge on any atom is 0.121 e. The fourth-order valence-corrected chi connectivity index (χ4v) is 1.37. The third-order valence-corrected chi connectivity index (χ3v) is 2.29. The number of aryl methyl sites for hydroxylation is 1. The van der Waals surface area contributed by atoms with E-state index in [9.17, 15) is 0 Å². The van der Waals surface area contributed by atoms with Gasteiger partial charge in [0.25, 0.3) is 0 Å². The molecule has 14 heavy (non-hydrogen) atoms. The minimum absolute atomic E-state index is 0. The van der Waals surface area contributed by atoms with Crippen molar-refractivity contribution in [2.24, 2.45) is 5.73 Å². The lowest BCUT2D eigenvalue weighted by atomic mass is 10.0. The van der Waals surface area contributed by atoms with Gasteiger partial charge in [-0.2, -0.15) is 0 Å². The van der Waals surface area contributed by atoms with E-state index in [-0.39, 0.29) is 18.4 Å². The number of benzene rings is 1. The van der Waals surface area contributed by atoms with E-state index in [1.165, 1.54) is 5.56 Å². The number of hydrogen-bond donors (Lipinski definition) is 1. The number of methoxy groups -OCH3 is 1. The minimum atomic E-state index is 0. The second-order valence-corrected chi connectivity index (χ2v) is 3.24. The minimum Gasteiger partial charge on any atom is -0.496 e. The average molecular weight is 216 g/mol. The van der Waals surface area contributed by atoms with Gasteiger partial charge in [0.2, 0.25) is 0 Å². The van der Waals surface area contributed by atoms with Gasteiger partial charge in [-0.1, -0.05) is 19.1 Å². The molecule has 0 spiro atoms. The van der Waals surface area contributed by atoms with E-state index >= 15 is 0 Å². The van der Waals surface area contributed by atoms with Gasteiger partial charge in [0, 0.05) is 6.04 Å². The fraction of sp³-hybridized carbons (Fsp3) is 0.455. The van der Waals surface area contributed by atoms with Crippen LogP contribution < -0.4 is 10.5 Å². The first-order valence-corrected chi connectivity index (χ1v) is 4.59. The summed E-state index contributed by atoms with van der Waals surface area (Å²) in [4.78, 5) is 0. The summed E-state index contributed by atoms with van der Waals surface area (Å²) < 4.78 is 5.17. The summed E-state index contributed by atoms with van der Waals surface area (Å²) >= 11 is 0. The van der Waals surface area contributed by atoms with Crippen LogP contribution in [0.1, 0.15) is 30.5 Å². The van der Waals surface area contributed by atoms with E-state index in [1.54, 1.807) is 7.11 Å². The molecule has 0 aromatic heterocycles. The highest BCUT2D eigenvalue weighted by Gasteiger charge is 2.05. The Kier molecular flexibility index (Phi) is 5.58. The summed E-state index contributed by atoms with van der Waals surface area (Å²) in [5.74, 6) is 0.923. The van der Waals surface area contributed by atoms with Gasteiger partial charge in [0.15, 0.2) is 0 Å². The third kappa shape index (κ3) is 2.89. The predicted octanol–water partition coefficient (Wildman–Crippen LogP) is 2.84. The van der Waals surface area contributed by atoms with Gasteiger partial charge in [-0.25, -0.2) is 0 Å². The van der Waals surface area contributed by atoms with Crippen LogP contribution in [0, 0.1) is 6.92 Å². The molecular weight excluding hydrogens is 198 g/mol. The number of rotatable bonds is 3. The molecule has 0 saturated heterocycles. The Morgan fingerprint density at radius 1 is 1.43 bits per heavy atom. The molecule has 1 aromatic rings. The van der Waals surface area contributed by atoms with E-state index in [2.05, 4.69) is 13.0 Å². The highest BCUT2D eigenvalue weighted by Crippen LogP contribution is 2.22. The van der Waals surface area contributed by atoms with Crippen LogP contribution in [0.2, 0.25) is 0 Å². The molecule has 0 aliphatic carbocycles. The van der Waals surface area contributed by atoms with Crippen LogP contribution in [0.25, 0.3) is 0 Å². The van der Waals surface area contributed by atoms with Crippen molar-refractivity contribution in [2.45, 2.75) is 26.3 Å².